The van der Waals surface area contributed by atoms with Crippen molar-refractivity contribution in [3.05, 3.63) is 12.2 Å². The van der Waals surface area contributed by atoms with Gasteiger partial charge in [0.25, 0.3) is 0 Å². The van der Waals surface area contributed by atoms with Crippen LogP contribution in [0, 0.1) is 23.2 Å². The Labute approximate surface area is 113 Å². The predicted octanol–water partition coefficient (Wildman–Crippen LogP) is 1.26. The lowest BCUT2D eigenvalue weighted by molar-refractivity contribution is -0.139. The molecule has 3 fully saturated rings. The van der Waals surface area contributed by atoms with E-state index in [4.69, 9.17) is 4.74 Å². The van der Waals surface area contributed by atoms with E-state index in [9.17, 15) is 15.0 Å². The van der Waals surface area contributed by atoms with Crippen molar-refractivity contribution in [2.24, 2.45) is 23.2 Å². The number of aliphatic hydroxyl groups excluding tert-OH is 2. The Balaban J connectivity index is 1.99. The number of ether oxygens (including phenoxy) is 1. The highest BCUT2D eigenvalue weighted by molar-refractivity contribution is 5.90. The van der Waals surface area contributed by atoms with Gasteiger partial charge in [0.2, 0.25) is 0 Å². The minimum Gasteiger partial charge on any atom is -0.458 e. The summed E-state index contributed by atoms with van der Waals surface area (Å²) in [5, 5.41) is 20.3. The van der Waals surface area contributed by atoms with Crippen LogP contribution in [0.4, 0.5) is 0 Å². The van der Waals surface area contributed by atoms with Crippen molar-refractivity contribution in [3.8, 4) is 0 Å². The Bertz CT molecular complexity index is 418. The zero-order valence-corrected chi connectivity index (χ0v) is 11.3. The maximum atomic E-state index is 11.7. The summed E-state index contributed by atoms with van der Waals surface area (Å²) in [4.78, 5) is 11.7. The first-order chi connectivity index (χ1) is 8.99. The number of rotatable bonds is 1. The third kappa shape index (κ3) is 1.69. The van der Waals surface area contributed by atoms with Crippen LogP contribution in [0.25, 0.3) is 0 Å². The van der Waals surface area contributed by atoms with Gasteiger partial charge < -0.3 is 14.9 Å². The number of hydrogen-bond acceptors (Lipinski definition) is 4. The normalized spacial score (nSPS) is 49.5. The molecule has 6 atom stereocenters. The average Bonchev–Trinajstić information content (AvgIpc) is 2.78. The molecule has 0 aromatic carbocycles. The van der Waals surface area contributed by atoms with Crippen LogP contribution < -0.4 is 0 Å². The highest BCUT2D eigenvalue weighted by Crippen LogP contribution is 2.56. The maximum absolute atomic E-state index is 11.7. The fourth-order valence-electron chi connectivity index (χ4n) is 4.66. The molecule has 3 aliphatic rings. The smallest absolute Gasteiger partial charge is 0.334 e. The Hall–Kier alpha value is -0.870. The van der Waals surface area contributed by atoms with Gasteiger partial charge in [-0.3, -0.25) is 0 Å². The van der Waals surface area contributed by atoms with E-state index in [-0.39, 0.29) is 24.6 Å². The van der Waals surface area contributed by atoms with Gasteiger partial charge in [-0.2, -0.15) is 0 Å². The van der Waals surface area contributed by atoms with Gasteiger partial charge in [0, 0.05) is 16.9 Å². The Morgan fingerprint density at radius 2 is 2.21 bits per heavy atom. The minimum absolute atomic E-state index is 0.0200. The number of esters is 1. The van der Waals surface area contributed by atoms with Crippen molar-refractivity contribution in [1.29, 1.82) is 0 Å². The van der Waals surface area contributed by atoms with Gasteiger partial charge in [0.15, 0.2) is 0 Å². The summed E-state index contributed by atoms with van der Waals surface area (Å²) < 4.78 is 5.42. The summed E-state index contributed by atoms with van der Waals surface area (Å²) in [7, 11) is 0. The molecule has 0 spiro atoms. The summed E-state index contributed by atoms with van der Waals surface area (Å²) in [5.74, 6) is 0.309. The van der Waals surface area contributed by atoms with E-state index in [1.165, 1.54) is 0 Å². The number of fused-ring (bicyclic) bond motifs is 2. The topological polar surface area (TPSA) is 66.8 Å². The molecule has 106 valence electrons. The van der Waals surface area contributed by atoms with E-state index in [2.05, 4.69) is 13.5 Å². The van der Waals surface area contributed by atoms with Crippen molar-refractivity contribution in [3.63, 3.8) is 0 Å². The Kier molecular flexibility index (Phi) is 2.98. The highest BCUT2D eigenvalue weighted by atomic mass is 16.6. The summed E-state index contributed by atoms with van der Waals surface area (Å²) in [6.07, 6.45) is 2.53. The fourth-order valence-corrected chi connectivity index (χ4v) is 4.66. The molecule has 0 aromatic heterocycles. The average molecular weight is 266 g/mol. The molecule has 1 heterocycles. The Morgan fingerprint density at radius 1 is 1.47 bits per heavy atom. The molecule has 4 heteroatoms. The summed E-state index contributed by atoms with van der Waals surface area (Å²) in [6, 6.07) is 0. The van der Waals surface area contributed by atoms with Crippen LogP contribution in [0.5, 0.6) is 0 Å². The molecular formula is C15H22O4. The maximum Gasteiger partial charge on any atom is 0.334 e. The summed E-state index contributed by atoms with van der Waals surface area (Å²) >= 11 is 0. The van der Waals surface area contributed by atoms with Crippen LogP contribution in [-0.2, 0) is 9.53 Å². The van der Waals surface area contributed by atoms with Crippen LogP contribution in [-0.4, -0.2) is 35.0 Å². The molecule has 0 aromatic rings. The van der Waals surface area contributed by atoms with Crippen LogP contribution in [0.3, 0.4) is 0 Å². The van der Waals surface area contributed by atoms with E-state index in [1.807, 2.05) is 0 Å². The van der Waals surface area contributed by atoms with Gasteiger partial charge in [-0.25, -0.2) is 4.79 Å². The van der Waals surface area contributed by atoms with Gasteiger partial charge >= 0.3 is 5.97 Å². The number of aliphatic hydroxyl groups is 2. The zero-order chi connectivity index (χ0) is 13.8. The number of carbonyl (C=O) groups is 1. The molecular weight excluding hydrogens is 244 g/mol. The molecule has 4 nitrogen and oxygen atoms in total. The predicted molar refractivity (Wildman–Crippen MR) is 69.2 cm³/mol. The molecule has 6 unspecified atom stereocenters. The number of carbonyl (C=O) groups excluding carboxylic acids is 1. The second kappa shape index (κ2) is 4.32. The lowest BCUT2D eigenvalue weighted by Crippen LogP contribution is -2.42. The second-order valence-electron chi connectivity index (χ2n) is 6.58. The summed E-state index contributed by atoms with van der Waals surface area (Å²) in [5.41, 5.74) is 0.0419. The lowest BCUT2D eigenvalue weighted by atomic mass is 9.68. The molecule has 2 aliphatic carbocycles. The minimum atomic E-state index is -0.479. The SMILES string of the molecule is C=C1C(=O)OC2CC(C)C3CCC(O)C3(CO)CC12. The third-order valence-corrected chi connectivity index (χ3v) is 5.76. The van der Waals surface area contributed by atoms with E-state index >= 15 is 0 Å². The molecule has 19 heavy (non-hydrogen) atoms. The molecule has 0 bridgehead atoms. The van der Waals surface area contributed by atoms with Gasteiger partial charge in [-0.15, -0.1) is 0 Å². The quantitative estimate of drug-likeness (QED) is 0.554. The van der Waals surface area contributed by atoms with E-state index in [1.54, 1.807) is 0 Å². The van der Waals surface area contributed by atoms with Crippen molar-refractivity contribution in [2.75, 3.05) is 6.61 Å². The lowest BCUT2D eigenvalue weighted by Gasteiger charge is -2.38. The molecule has 0 radical (unpaired) electrons. The van der Waals surface area contributed by atoms with Gasteiger partial charge in [-0.1, -0.05) is 13.5 Å². The first-order valence-electron chi connectivity index (χ1n) is 7.18. The van der Waals surface area contributed by atoms with Crippen molar-refractivity contribution < 1.29 is 19.7 Å². The van der Waals surface area contributed by atoms with Crippen LogP contribution in [0.15, 0.2) is 12.2 Å². The monoisotopic (exact) mass is 266 g/mol. The molecule has 3 rings (SSSR count). The molecule has 1 saturated heterocycles. The Morgan fingerprint density at radius 3 is 2.89 bits per heavy atom. The van der Waals surface area contributed by atoms with E-state index < -0.39 is 11.5 Å². The second-order valence-corrected chi connectivity index (χ2v) is 6.58. The van der Waals surface area contributed by atoms with Crippen LogP contribution in [0.1, 0.15) is 32.6 Å². The van der Waals surface area contributed by atoms with Crippen LogP contribution in [0.2, 0.25) is 0 Å². The van der Waals surface area contributed by atoms with Gasteiger partial charge in [0.1, 0.15) is 6.10 Å². The van der Waals surface area contributed by atoms with Crippen molar-refractivity contribution >= 4 is 5.97 Å². The van der Waals surface area contributed by atoms with Crippen LogP contribution >= 0.6 is 0 Å². The van der Waals surface area contributed by atoms with Gasteiger partial charge in [0.05, 0.1) is 12.7 Å². The standard InChI is InChI=1S/C15H22O4/c1-8-5-12-10(9(2)14(18)19-12)6-15(7-16)11(8)3-4-13(15)17/h8,10-13,16-17H,2-7H2,1H3. The highest BCUT2D eigenvalue weighted by Gasteiger charge is 2.57. The largest absolute Gasteiger partial charge is 0.458 e. The fraction of sp³-hybridized carbons (Fsp3) is 0.800. The van der Waals surface area contributed by atoms with E-state index in [0.717, 1.165) is 19.3 Å². The van der Waals surface area contributed by atoms with Crippen molar-refractivity contribution in [1.82, 2.24) is 0 Å². The molecule has 0 amide bonds. The molecule has 2 saturated carbocycles. The summed E-state index contributed by atoms with van der Waals surface area (Å²) in [6.45, 7) is 5.98. The molecule has 1 aliphatic heterocycles. The first kappa shape index (κ1) is 13.1. The molecule has 2 N–H and O–H groups in total. The third-order valence-electron chi connectivity index (χ3n) is 5.76. The van der Waals surface area contributed by atoms with Gasteiger partial charge in [-0.05, 0) is 37.5 Å². The van der Waals surface area contributed by atoms with Crippen molar-refractivity contribution in [2.45, 2.75) is 44.8 Å². The van der Waals surface area contributed by atoms with E-state index in [0.29, 0.717) is 23.8 Å². The zero-order valence-electron chi connectivity index (χ0n) is 11.3. The number of hydrogen-bond donors (Lipinski definition) is 2. The first-order valence-corrected chi connectivity index (χ1v) is 7.18.